The maximum atomic E-state index is 12.6. The van der Waals surface area contributed by atoms with E-state index in [4.69, 9.17) is 0 Å². The topological polar surface area (TPSA) is 43.1 Å². The van der Waals surface area contributed by atoms with Gasteiger partial charge in [-0.05, 0) is 21.5 Å². The van der Waals surface area contributed by atoms with Gasteiger partial charge in [0.2, 0.25) is 0 Å². The van der Waals surface area contributed by atoms with E-state index in [0.717, 1.165) is 12.1 Å². The Morgan fingerprint density at radius 3 is 2.31 bits per heavy atom. The Morgan fingerprint density at radius 1 is 1.38 bits per heavy atom. The Bertz CT molecular complexity index is 434. The van der Waals surface area contributed by atoms with E-state index in [1.165, 1.54) is 0 Å². The molecule has 0 saturated carbocycles. The average Bonchev–Trinajstić information content (AvgIpc) is 2.14. The third kappa shape index (κ3) is 2.73. The van der Waals surface area contributed by atoms with Crippen LogP contribution in [0.3, 0.4) is 0 Å². The second-order valence-corrected chi connectivity index (χ2v) is 4.27. The van der Waals surface area contributed by atoms with Gasteiger partial charge in [-0.1, -0.05) is 15.9 Å². The standard InChI is InChI=1S/C8H4Br2F3NO2/c9-3-4-1-5(14(15)16)2-6(10)7(4)8(11,12)13/h1-2H,3H2. The van der Waals surface area contributed by atoms with E-state index in [9.17, 15) is 23.3 Å². The van der Waals surface area contributed by atoms with Gasteiger partial charge in [0.05, 0.1) is 10.5 Å². The summed E-state index contributed by atoms with van der Waals surface area (Å²) in [4.78, 5) is 9.73. The van der Waals surface area contributed by atoms with Gasteiger partial charge in [-0.15, -0.1) is 0 Å². The molecule has 0 aliphatic carbocycles. The molecule has 0 spiro atoms. The number of nitro benzene ring substituents is 1. The largest absolute Gasteiger partial charge is 0.417 e. The van der Waals surface area contributed by atoms with Crippen LogP contribution in [0.15, 0.2) is 16.6 Å². The van der Waals surface area contributed by atoms with E-state index in [1.54, 1.807) is 0 Å². The highest BCUT2D eigenvalue weighted by Crippen LogP contribution is 2.40. The summed E-state index contributed by atoms with van der Waals surface area (Å²) in [7, 11) is 0. The molecule has 1 aromatic rings. The predicted octanol–water partition coefficient (Wildman–Crippen LogP) is 4.27. The van der Waals surface area contributed by atoms with Gasteiger partial charge in [-0.3, -0.25) is 10.1 Å². The number of benzene rings is 1. The van der Waals surface area contributed by atoms with E-state index < -0.39 is 16.7 Å². The quantitative estimate of drug-likeness (QED) is 0.448. The summed E-state index contributed by atoms with van der Waals surface area (Å²) >= 11 is 5.57. The van der Waals surface area contributed by atoms with Crippen molar-refractivity contribution in [1.29, 1.82) is 0 Å². The van der Waals surface area contributed by atoms with Crippen LogP contribution >= 0.6 is 31.9 Å². The molecule has 0 aromatic heterocycles. The molecule has 3 nitrogen and oxygen atoms in total. The number of hydrogen-bond donors (Lipinski definition) is 0. The van der Waals surface area contributed by atoms with E-state index in [-0.39, 0.29) is 21.1 Å². The van der Waals surface area contributed by atoms with Crippen molar-refractivity contribution in [3.8, 4) is 0 Å². The van der Waals surface area contributed by atoms with Crippen molar-refractivity contribution >= 4 is 37.5 Å². The van der Waals surface area contributed by atoms with Crippen molar-refractivity contribution in [2.24, 2.45) is 0 Å². The molecule has 0 N–H and O–H groups in total. The van der Waals surface area contributed by atoms with Crippen LogP contribution in [0.25, 0.3) is 0 Å². The first-order chi connectivity index (χ1) is 7.27. The summed E-state index contributed by atoms with van der Waals surface area (Å²) in [6.45, 7) is 0. The maximum absolute atomic E-state index is 12.6. The molecule has 0 saturated heterocycles. The van der Waals surface area contributed by atoms with Crippen LogP contribution in [-0.4, -0.2) is 4.92 Å². The number of non-ortho nitro benzene ring substituents is 1. The number of halogens is 5. The Kier molecular flexibility index (Phi) is 3.95. The van der Waals surface area contributed by atoms with Crippen LogP contribution in [0.4, 0.5) is 18.9 Å². The van der Waals surface area contributed by atoms with Gasteiger partial charge in [0.25, 0.3) is 5.69 Å². The van der Waals surface area contributed by atoms with Crippen molar-refractivity contribution in [1.82, 2.24) is 0 Å². The van der Waals surface area contributed by atoms with Gasteiger partial charge in [0.15, 0.2) is 0 Å². The zero-order chi connectivity index (χ0) is 12.5. The summed E-state index contributed by atoms with van der Waals surface area (Å²) in [5.74, 6) is 0. The van der Waals surface area contributed by atoms with Crippen LogP contribution in [0.5, 0.6) is 0 Å². The second kappa shape index (κ2) is 4.70. The molecule has 0 amide bonds. The number of nitrogens with zero attached hydrogens (tertiary/aromatic N) is 1. The minimum atomic E-state index is -4.54. The summed E-state index contributed by atoms with van der Waals surface area (Å²) in [6.07, 6.45) is -4.54. The molecule has 0 fully saturated rings. The minimum absolute atomic E-state index is 0.109. The van der Waals surface area contributed by atoms with Crippen molar-refractivity contribution < 1.29 is 18.1 Å². The normalized spacial score (nSPS) is 11.6. The molecule has 88 valence electrons. The maximum Gasteiger partial charge on any atom is 0.417 e. The first-order valence-corrected chi connectivity index (χ1v) is 5.78. The molecule has 1 rings (SSSR count). The average molecular weight is 363 g/mol. The highest BCUT2D eigenvalue weighted by atomic mass is 79.9. The summed E-state index contributed by atoms with van der Waals surface area (Å²) in [6, 6.07) is 1.75. The van der Waals surface area contributed by atoms with Crippen molar-refractivity contribution in [2.75, 3.05) is 0 Å². The van der Waals surface area contributed by atoms with Gasteiger partial charge in [-0.2, -0.15) is 13.2 Å². The van der Waals surface area contributed by atoms with Gasteiger partial charge < -0.3 is 0 Å². The Labute approximate surface area is 105 Å². The van der Waals surface area contributed by atoms with Crippen LogP contribution in [-0.2, 0) is 11.5 Å². The third-order valence-electron chi connectivity index (χ3n) is 1.79. The van der Waals surface area contributed by atoms with E-state index in [1.807, 2.05) is 0 Å². The smallest absolute Gasteiger partial charge is 0.258 e. The molecular weight excluding hydrogens is 359 g/mol. The molecule has 1 aromatic carbocycles. The fourth-order valence-electron chi connectivity index (χ4n) is 1.18. The summed E-state index contributed by atoms with van der Waals surface area (Å²) < 4.78 is 37.5. The van der Waals surface area contributed by atoms with Gasteiger partial charge in [0, 0.05) is 21.9 Å². The van der Waals surface area contributed by atoms with Crippen molar-refractivity contribution in [3.05, 3.63) is 37.8 Å². The van der Waals surface area contributed by atoms with E-state index in [2.05, 4.69) is 31.9 Å². The van der Waals surface area contributed by atoms with Crippen LogP contribution < -0.4 is 0 Å². The fourth-order valence-corrected chi connectivity index (χ4v) is 2.33. The van der Waals surface area contributed by atoms with E-state index in [0.29, 0.717) is 0 Å². The molecule has 0 aliphatic rings. The number of nitro groups is 1. The Balaban J connectivity index is 3.46. The zero-order valence-corrected chi connectivity index (χ0v) is 10.7. The highest BCUT2D eigenvalue weighted by Gasteiger charge is 2.36. The number of rotatable bonds is 2. The monoisotopic (exact) mass is 361 g/mol. The van der Waals surface area contributed by atoms with Crippen LogP contribution in [0.2, 0.25) is 0 Å². The highest BCUT2D eigenvalue weighted by molar-refractivity contribution is 9.10. The van der Waals surface area contributed by atoms with Gasteiger partial charge in [-0.25, -0.2) is 0 Å². The van der Waals surface area contributed by atoms with Gasteiger partial charge in [0.1, 0.15) is 0 Å². The molecule has 0 radical (unpaired) electrons. The van der Waals surface area contributed by atoms with Crippen LogP contribution in [0, 0.1) is 10.1 Å². The minimum Gasteiger partial charge on any atom is -0.258 e. The fraction of sp³-hybridized carbons (Fsp3) is 0.250. The zero-order valence-electron chi connectivity index (χ0n) is 7.52. The molecule has 0 heterocycles. The van der Waals surface area contributed by atoms with E-state index >= 15 is 0 Å². The molecule has 0 atom stereocenters. The lowest BCUT2D eigenvalue weighted by molar-refractivity contribution is -0.385. The Morgan fingerprint density at radius 2 is 1.94 bits per heavy atom. The second-order valence-electron chi connectivity index (χ2n) is 2.85. The molecule has 8 heteroatoms. The first kappa shape index (κ1) is 13.4. The van der Waals surface area contributed by atoms with Crippen LogP contribution in [0.1, 0.15) is 11.1 Å². The molecule has 0 bridgehead atoms. The molecule has 0 aliphatic heterocycles. The Hall–Kier alpha value is -0.630. The first-order valence-electron chi connectivity index (χ1n) is 3.87. The van der Waals surface area contributed by atoms with Gasteiger partial charge >= 0.3 is 6.18 Å². The molecule has 0 unspecified atom stereocenters. The van der Waals surface area contributed by atoms with Crippen molar-refractivity contribution in [2.45, 2.75) is 11.5 Å². The third-order valence-corrected chi connectivity index (χ3v) is 3.02. The number of alkyl halides is 4. The lowest BCUT2D eigenvalue weighted by atomic mass is 10.1. The molecule has 16 heavy (non-hydrogen) atoms. The lowest BCUT2D eigenvalue weighted by Gasteiger charge is -2.12. The molecular formula is C8H4Br2F3NO2. The summed E-state index contributed by atoms with van der Waals surface area (Å²) in [5.41, 5.74) is -1.45. The number of hydrogen-bond acceptors (Lipinski definition) is 2. The lowest BCUT2D eigenvalue weighted by Crippen LogP contribution is -2.10. The summed E-state index contributed by atoms with van der Waals surface area (Å²) in [5, 5.41) is 10.4. The predicted molar refractivity (Wildman–Crippen MR) is 58.4 cm³/mol. The SMILES string of the molecule is O=[N+]([O-])c1cc(Br)c(C(F)(F)F)c(CBr)c1. The van der Waals surface area contributed by atoms with Crippen molar-refractivity contribution in [3.63, 3.8) is 0 Å².